The molecule has 10 heteroatoms. The summed E-state index contributed by atoms with van der Waals surface area (Å²) < 4.78 is 15.8. The van der Waals surface area contributed by atoms with E-state index in [1.54, 1.807) is 18.2 Å². The summed E-state index contributed by atoms with van der Waals surface area (Å²) in [5.74, 6) is -0.733. The van der Waals surface area contributed by atoms with E-state index >= 15 is 0 Å². The van der Waals surface area contributed by atoms with Gasteiger partial charge in [0, 0.05) is 5.56 Å². The van der Waals surface area contributed by atoms with Gasteiger partial charge in [0.15, 0.2) is 0 Å². The number of aromatic carboxylic acids is 1. The zero-order valence-corrected chi connectivity index (χ0v) is 14.7. The Kier molecular flexibility index (Phi) is 5.06. The van der Waals surface area contributed by atoms with Gasteiger partial charge in [-0.1, -0.05) is 17.0 Å². The standard InChI is InChI=1S/C17H16N4O6/c1-24-13-9-14(25-2)20-17(19-13)27-12-6-4-5-10(15(12)16(22)23)11-7-8-18-21(11)26-3/h4-9H,1-3H3,(H,22,23). The Balaban J connectivity index is 2.09. The average molecular weight is 372 g/mol. The highest BCUT2D eigenvalue weighted by Crippen LogP contribution is 2.33. The molecule has 0 unspecified atom stereocenters. The fraction of sp³-hybridized carbons (Fsp3) is 0.176. The third-order valence-corrected chi connectivity index (χ3v) is 3.58. The molecule has 0 aliphatic carbocycles. The first-order chi connectivity index (χ1) is 13.1. The molecule has 1 N–H and O–H groups in total. The predicted molar refractivity (Wildman–Crippen MR) is 92.3 cm³/mol. The summed E-state index contributed by atoms with van der Waals surface area (Å²) in [6.45, 7) is 0. The van der Waals surface area contributed by atoms with Crippen LogP contribution in [0.15, 0.2) is 36.5 Å². The molecule has 0 atom stereocenters. The lowest BCUT2D eigenvalue weighted by molar-refractivity contribution is 0.0694. The highest BCUT2D eigenvalue weighted by molar-refractivity contribution is 5.98. The zero-order chi connectivity index (χ0) is 19.4. The highest BCUT2D eigenvalue weighted by Gasteiger charge is 2.22. The molecule has 1 aromatic carbocycles. The number of carboxylic acids is 1. The maximum Gasteiger partial charge on any atom is 0.340 e. The molecule has 0 saturated carbocycles. The van der Waals surface area contributed by atoms with Crippen molar-refractivity contribution in [2.75, 3.05) is 21.3 Å². The molecule has 0 radical (unpaired) electrons. The van der Waals surface area contributed by atoms with Crippen LogP contribution in [0.4, 0.5) is 0 Å². The quantitative estimate of drug-likeness (QED) is 0.663. The lowest BCUT2D eigenvalue weighted by Gasteiger charge is -2.13. The van der Waals surface area contributed by atoms with Gasteiger partial charge in [-0.05, 0) is 12.1 Å². The molecule has 2 aromatic heterocycles. The van der Waals surface area contributed by atoms with Gasteiger partial charge in [-0.15, -0.1) is 5.10 Å². The van der Waals surface area contributed by atoms with Gasteiger partial charge in [0.1, 0.15) is 24.1 Å². The minimum Gasteiger partial charge on any atom is -0.481 e. The summed E-state index contributed by atoms with van der Waals surface area (Å²) in [6.07, 6.45) is 1.49. The molecule has 0 aliphatic rings. The summed E-state index contributed by atoms with van der Waals surface area (Å²) in [6, 6.07) is 7.73. The molecule has 3 aromatic rings. The van der Waals surface area contributed by atoms with Gasteiger partial charge < -0.3 is 24.2 Å². The van der Waals surface area contributed by atoms with Crippen LogP contribution in [0.2, 0.25) is 0 Å². The van der Waals surface area contributed by atoms with Gasteiger partial charge in [-0.3, -0.25) is 0 Å². The van der Waals surface area contributed by atoms with Crippen LogP contribution in [-0.4, -0.2) is 52.3 Å². The summed E-state index contributed by atoms with van der Waals surface area (Å²) in [7, 11) is 4.29. The number of rotatable bonds is 7. The topological polar surface area (TPSA) is 118 Å². The average Bonchev–Trinajstić information content (AvgIpc) is 3.15. The SMILES string of the molecule is COc1cc(OC)nc(Oc2cccc(-c3ccnn3OC)c2C(=O)O)n1. The van der Waals surface area contributed by atoms with Gasteiger partial charge in [0.25, 0.3) is 0 Å². The number of methoxy groups -OCH3 is 2. The summed E-state index contributed by atoms with van der Waals surface area (Å²) in [4.78, 5) is 26.3. The van der Waals surface area contributed by atoms with Gasteiger partial charge in [0.05, 0.1) is 26.5 Å². The Morgan fingerprint density at radius 1 is 1.07 bits per heavy atom. The molecule has 10 nitrogen and oxygen atoms in total. The van der Waals surface area contributed by atoms with Crippen molar-refractivity contribution < 1.29 is 28.9 Å². The third kappa shape index (κ3) is 3.59. The van der Waals surface area contributed by atoms with Crippen LogP contribution in [0.25, 0.3) is 11.3 Å². The molecule has 27 heavy (non-hydrogen) atoms. The van der Waals surface area contributed by atoms with Crippen molar-refractivity contribution in [3.63, 3.8) is 0 Å². The number of hydrogen-bond acceptors (Lipinski definition) is 8. The Labute approximate surface area is 153 Å². The molecule has 0 aliphatic heterocycles. The minimum atomic E-state index is -1.20. The Bertz CT molecular complexity index is 950. The normalized spacial score (nSPS) is 10.3. The first-order valence-corrected chi connectivity index (χ1v) is 7.67. The van der Waals surface area contributed by atoms with E-state index in [4.69, 9.17) is 19.0 Å². The van der Waals surface area contributed by atoms with Crippen LogP contribution in [0.5, 0.6) is 23.5 Å². The number of nitrogens with zero attached hydrogens (tertiary/aromatic N) is 4. The fourth-order valence-corrected chi connectivity index (χ4v) is 2.42. The predicted octanol–water partition coefficient (Wildman–Crippen LogP) is 1.91. The van der Waals surface area contributed by atoms with Gasteiger partial charge in [-0.25, -0.2) is 4.79 Å². The molecular weight excluding hydrogens is 356 g/mol. The number of aromatic nitrogens is 4. The molecule has 2 heterocycles. The van der Waals surface area contributed by atoms with Gasteiger partial charge in [-0.2, -0.15) is 9.97 Å². The van der Waals surface area contributed by atoms with Crippen LogP contribution in [0, 0.1) is 0 Å². The minimum absolute atomic E-state index is 0.0409. The van der Waals surface area contributed by atoms with Crippen molar-refractivity contribution in [3.8, 4) is 34.8 Å². The molecule has 0 fully saturated rings. The maximum atomic E-state index is 11.9. The van der Waals surface area contributed by atoms with Gasteiger partial charge >= 0.3 is 12.0 Å². The van der Waals surface area contributed by atoms with Crippen molar-refractivity contribution in [1.82, 2.24) is 19.9 Å². The molecule has 3 rings (SSSR count). The summed E-state index contributed by atoms with van der Waals surface area (Å²) >= 11 is 0. The lowest BCUT2D eigenvalue weighted by atomic mass is 10.0. The number of carbonyl (C=O) groups is 1. The molecule has 0 spiro atoms. The first kappa shape index (κ1) is 18.0. The molecule has 0 saturated heterocycles. The molecule has 140 valence electrons. The second kappa shape index (κ2) is 7.60. The summed E-state index contributed by atoms with van der Waals surface area (Å²) in [5, 5.41) is 13.7. The van der Waals surface area contributed by atoms with Crippen LogP contribution >= 0.6 is 0 Å². The van der Waals surface area contributed by atoms with Crippen LogP contribution < -0.4 is 19.0 Å². The smallest absolute Gasteiger partial charge is 0.340 e. The lowest BCUT2D eigenvalue weighted by Crippen LogP contribution is -2.11. The van der Waals surface area contributed by atoms with Crippen LogP contribution in [-0.2, 0) is 0 Å². The van der Waals surface area contributed by atoms with Crippen LogP contribution in [0.1, 0.15) is 10.4 Å². The maximum absolute atomic E-state index is 11.9. The Hall–Kier alpha value is -3.82. The van der Waals surface area contributed by atoms with E-state index in [1.807, 2.05) is 0 Å². The van der Waals surface area contributed by atoms with E-state index in [2.05, 4.69) is 15.1 Å². The van der Waals surface area contributed by atoms with Crippen molar-refractivity contribution in [3.05, 3.63) is 42.1 Å². The zero-order valence-electron chi connectivity index (χ0n) is 14.7. The van der Waals surface area contributed by atoms with E-state index in [1.165, 1.54) is 44.5 Å². The van der Waals surface area contributed by atoms with Crippen LogP contribution in [0.3, 0.4) is 0 Å². The summed E-state index contributed by atoms with van der Waals surface area (Å²) in [5.41, 5.74) is 0.709. The van der Waals surface area contributed by atoms with Gasteiger partial charge in [0.2, 0.25) is 11.8 Å². The Morgan fingerprint density at radius 3 is 2.37 bits per heavy atom. The van der Waals surface area contributed by atoms with E-state index in [9.17, 15) is 9.90 Å². The van der Waals surface area contributed by atoms with E-state index in [0.717, 1.165) is 0 Å². The van der Waals surface area contributed by atoms with Crippen molar-refractivity contribution in [2.45, 2.75) is 0 Å². The van der Waals surface area contributed by atoms with E-state index in [0.29, 0.717) is 11.3 Å². The van der Waals surface area contributed by atoms with Crippen molar-refractivity contribution in [1.29, 1.82) is 0 Å². The second-order valence-corrected chi connectivity index (χ2v) is 5.09. The number of carboxylic acid groups (broad SMARTS) is 1. The largest absolute Gasteiger partial charge is 0.481 e. The second-order valence-electron chi connectivity index (χ2n) is 5.09. The van der Waals surface area contributed by atoms with E-state index < -0.39 is 5.97 Å². The first-order valence-electron chi connectivity index (χ1n) is 7.67. The molecule has 0 bridgehead atoms. The number of ether oxygens (including phenoxy) is 3. The fourth-order valence-electron chi connectivity index (χ4n) is 2.42. The number of hydrogen-bond donors (Lipinski definition) is 1. The monoisotopic (exact) mass is 372 g/mol. The van der Waals surface area contributed by atoms with E-state index in [-0.39, 0.29) is 29.1 Å². The molecular formula is C17H16N4O6. The number of benzene rings is 1. The third-order valence-electron chi connectivity index (χ3n) is 3.58. The van der Waals surface area contributed by atoms with Crippen molar-refractivity contribution >= 4 is 5.97 Å². The highest BCUT2D eigenvalue weighted by atomic mass is 16.7. The molecule has 0 amide bonds. The Morgan fingerprint density at radius 2 is 1.78 bits per heavy atom. The van der Waals surface area contributed by atoms with Crippen molar-refractivity contribution in [2.24, 2.45) is 0 Å².